The second kappa shape index (κ2) is 7.08. The molecule has 0 saturated carbocycles. The van der Waals surface area contributed by atoms with Crippen molar-refractivity contribution in [2.75, 3.05) is 6.54 Å². The lowest BCUT2D eigenvalue weighted by molar-refractivity contribution is -0.116. The summed E-state index contributed by atoms with van der Waals surface area (Å²) in [5, 5.41) is 2.82. The molecule has 122 valence electrons. The van der Waals surface area contributed by atoms with E-state index in [2.05, 4.69) is 10.3 Å². The number of hydrogen-bond donors (Lipinski definition) is 1. The highest BCUT2D eigenvalue weighted by Crippen LogP contribution is 2.08. The Bertz CT molecular complexity index is 881. The molecule has 1 aromatic carbocycles. The summed E-state index contributed by atoms with van der Waals surface area (Å²) in [5.74, 6) is -0.474. The van der Waals surface area contributed by atoms with Gasteiger partial charge in [-0.1, -0.05) is 18.2 Å². The van der Waals surface area contributed by atoms with Crippen LogP contribution in [0.15, 0.2) is 54.7 Å². The van der Waals surface area contributed by atoms with Crippen molar-refractivity contribution in [1.29, 1.82) is 0 Å². The molecule has 1 amide bonds. The SMILES string of the molecule is Cc1cccc2nc(CCNC(=O)/C=C/c3ccc(F)cc3)cn12. The quantitative estimate of drug-likeness (QED) is 0.733. The summed E-state index contributed by atoms with van der Waals surface area (Å²) in [6, 6.07) is 11.9. The summed E-state index contributed by atoms with van der Waals surface area (Å²) in [5.41, 5.74) is 3.75. The number of benzene rings is 1. The van der Waals surface area contributed by atoms with E-state index in [0.717, 1.165) is 22.6 Å². The normalized spacial score (nSPS) is 11.2. The van der Waals surface area contributed by atoms with Crippen molar-refractivity contribution in [2.24, 2.45) is 0 Å². The molecule has 1 N–H and O–H groups in total. The number of nitrogens with zero attached hydrogens (tertiary/aromatic N) is 2. The third-order valence-corrected chi connectivity index (χ3v) is 3.72. The van der Waals surface area contributed by atoms with Gasteiger partial charge in [0.05, 0.1) is 5.69 Å². The van der Waals surface area contributed by atoms with Gasteiger partial charge in [-0.25, -0.2) is 9.37 Å². The standard InChI is InChI=1S/C19H18FN3O/c1-14-3-2-4-18-22-17(13-23(14)18)11-12-21-19(24)10-7-15-5-8-16(20)9-6-15/h2-10,13H,11-12H2,1H3,(H,21,24)/b10-7+. The van der Waals surface area contributed by atoms with Gasteiger partial charge in [0.15, 0.2) is 0 Å². The molecule has 0 radical (unpaired) electrons. The van der Waals surface area contributed by atoms with Crippen LogP contribution in [0.2, 0.25) is 0 Å². The predicted molar refractivity (Wildman–Crippen MR) is 92.1 cm³/mol. The number of halogens is 1. The number of aryl methyl sites for hydroxylation is 1. The molecule has 2 heterocycles. The van der Waals surface area contributed by atoms with E-state index >= 15 is 0 Å². The highest BCUT2D eigenvalue weighted by Gasteiger charge is 2.03. The number of carbonyl (C=O) groups excluding carboxylic acids is 1. The van der Waals surface area contributed by atoms with Crippen LogP contribution in [0.3, 0.4) is 0 Å². The fourth-order valence-corrected chi connectivity index (χ4v) is 2.44. The molecule has 3 aromatic rings. The molecule has 0 atom stereocenters. The van der Waals surface area contributed by atoms with E-state index in [9.17, 15) is 9.18 Å². The van der Waals surface area contributed by atoms with Crippen molar-refractivity contribution in [1.82, 2.24) is 14.7 Å². The largest absolute Gasteiger partial charge is 0.352 e. The first-order valence-electron chi connectivity index (χ1n) is 7.77. The number of carbonyl (C=O) groups is 1. The number of hydrogen-bond acceptors (Lipinski definition) is 2. The first-order chi connectivity index (χ1) is 11.6. The van der Waals surface area contributed by atoms with E-state index in [0.29, 0.717) is 13.0 Å². The third kappa shape index (κ3) is 3.87. The molecular weight excluding hydrogens is 305 g/mol. The van der Waals surface area contributed by atoms with E-state index < -0.39 is 0 Å². The average Bonchev–Trinajstić information content (AvgIpc) is 2.99. The molecule has 4 nitrogen and oxygen atoms in total. The first kappa shape index (κ1) is 15.9. The topological polar surface area (TPSA) is 46.4 Å². The lowest BCUT2D eigenvalue weighted by Gasteiger charge is -2.00. The van der Waals surface area contributed by atoms with Gasteiger partial charge in [-0.2, -0.15) is 0 Å². The van der Waals surface area contributed by atoms with Crippen LogP contribution >= 0.6 is 0 Å². The lowest BCUT2D eigenvalue weighted by atomic mass is 10.2. The number of nitrogens with one attached hydrogen (secondary N) is 1. The molecule has 0 aliphatic heterocycles. The molecule has 0 aliphatic rings. The summed E-state index contributed by atoms with van der Waals surface area (Å²) in [4.78, 5) is 16.3. The van der Waals surface area contributed by atoms with Crippen LogP contribution in [0, 0.1) is 12.7 Å². The monoisotopic (exact) mass is 323 g/mol. The molecule has 5 heteroatoms. The van der Waals surface area contributed by atoms with Crippen LogP contribution in [-0.2, 0) is 11.2 Å². The van der Waals surface area contributed by atoms with Crippen molar-refractivity contribution in [3.63, 3.8) is 0 Å². The van der Waals surface area contributed by atoms with Crippen LogP contribution in [0.4, 0.5) is 4.39 Å². The van der Waals surface area contributed by atoms with Gasteiger partial charge < -0.3 is 9.72 Å². The summed E-state index contributed by atoms with van der Waals surface area (Å²) >= 11 is 0. The Labute approximate surface area is 139 Å². The van der Waals surface area contributed by atoms with Crippen LogP contribution in [0.5, 0.6) is 0 Å². The van der Waals surface area contributed by atoms with Crippen LogP contribution in [0.25, 0.3) is 11.7 Å². The highest BCUT2D eigenvalue weighted by atomic mass is 19.1. The zero-order valence-electron chi connectivity index (χ0n) is 13.4. The van der Waals surface area contributed by atoms with Crippen molar-refractivity contribution in [2.45, 2.75) is 13.3 Å². The van der Waals surface area contributed by atoms with Gasteiger partial charge in [-0.3, -0.25) is 4.79 Å². The molecule has 3 rings (SSSR count). The van der Waals surface area contributed by atoms with E-state index in [4.69, 9.17) is 0 Å². The third-order valence-electron chi connectivity index (χ3n) is 3.72. The fraction of sp³-hybridized carbons (Fsp3) is 0.158. The van der Waals surface area contributed by atoms with Gasteiger partial charge in [0.2, 0.25) is 5.91 Å². The van der Waals surface area contributed by atoms with Crippen molar-refractivity contribution >= 4 is 17.6 Å². The van der Waals surface area contributed by atoms with Crippen LogP contribution < -0.4 is 5.32 Å². The first-order valence-corrected chi connectivity index (χ1v) is 7.77. The maximum Gasteiger partial charge on any atom is 0.244 e. The van der Waals surface area contributed by atoms with E-state index in [-0.39, 0.29) is 11.7 Å². The molecule has 24 heavy (non-hydrogen) atoms. The smallest absolute Gasteiger partial charge is 0.244 e. The van der Waals surface area contributed by atoms with E-state index in [1.807, 2.05) is 35.7 Å². The maximum absolute atomic E-state index is 12.8. The minimum absolute atomic E-state index is 0.181. The molecular formula is C19H18FN3O. The summed E-state index contributed by atoms with van der Waals surface area (Å²) in [7, 11) is 0. The zero-order chi connectivity index (χ0) is 16.9. The Morgan fingerprint density at radius 3 is 2.79 bits per heavy atom. The summed E-state index contributed by atoms with van der Waals surface area (Å²) in [6.45, 7) is 2.54. The van der Waals surface area contributed by atoms with Gasteiger partial charge >= 0.3 is 0 Å². The van der Waals surface area contributed by atoms with Gasteiger partial charge in [0, 0.05) is 30.9 Å². The van der Waals surface area contributed by atoms with E-state index in [1.54, 1.807) is 18.2 Å². The predicted octanol–water partition coefficient (Wildman–Crippen LogP) is 3.15. The fourth-order valence-electron chi connectivity index (χ4n) is 2.44. The highest BCUT2D eigenvalue weighted by molar-refractivity contribution is 5.91. The molecule has 0 spiro atoms. The molecule has 0 unspecified atom stereocenters. The zero-order valence-corrected chi connectivity index (χ0v) is 13.4. The van der Waals surface area contributed by atoms with Gasteiger partial charge in [-0.15, -0.1) is 0 Å². The second-order valence-electron chi connectivity index (χ2n) is 5.55. The minimum atomic E-state index is -0.292. The molecule has 0 fully saturated rings. The van der Waals surface area contributed by atoms with Gasteiger partial charge in [0.1, 0.15) is 11.5 Å². The minimum Gasteiger partial charge on any atom is -0.352 e. The molecule has 0 bridgehead atoms. The van der Waals surface area contributed by atoms with Crippen LogP contribution in [0.1, 0.15) is 17.0 Å². The number of pyridine rings is 1. The maximum atomic E-state index is 12.8. The molecule has 2 aromatic heterocycles. The average molecular weight is 323 g/mol. The van der Waals surface area contributed by atoms with E-state index in [1.165, 1.54) is 18.2 Å². The van der Waals surface area contributed by atoms with Gasteiger partial charge in [-0.05, 0) is 42.8 Å². The Kier molecular flexibility index (Phi) is 4.70. The Morgan fingerprint density at radius 2 is 2.04 bits per heavy atom. The molecule has 0 aliphatic carbocycles. The van der Waals surface area contributed by atoms with Gasteiger partial charge in [0.25, 0.3) is 0 Å². The number of rotatable bonds is 5. The Balaban J connectivity index is 1.52. The Hall–Kier alpha value is -2.95. The number of fused-ring (bicyclic) bond motifs is 1. The van der Waals surface area contributed by atoms with Crippen molar-refractivity contribution < 1.29 is 9.18 Å². The summed E-state index contributed by atoms with van der Waals surface area (Å²) in [6.07, 6.45) is 5.76. The Morgan fingerprint density at radius 1 is 1.25 bits per heavy atom. The van der Waals surface area contributed by atoms with Crippen molar-refractivity contribution in [3.8, 4) is 0 Å². The number of aromatic nitrogens is 2. The summed E-state index contributed by atoms with van der Waals surface area (Å²) < 4.78 is 14.8. The second-order valence-corrected chi connectivity index (χ2v) is 5.55. The lowest BCUT2D eigenvalue weighted by Crippen LogP contribution is -2.23. The number of imidazole rings is 1. The molecule has 0 saturated heterocycles. The number of amides is 1. The van der Waals surface area contributed by atoms with Crippen LogP contribution in [-0.4, -0.2) is 21.8 Å². The van der Waals surface area contributed by atoms with Crippen molar-refractivity contribution in [3.05, 3.63) is 77.5 Å².